The van der Waals surface area contributed by atoms with Crippen molar-refractivity contribution in [3.05, 3.63) is 78.9 Å². The highest BCUT2D eigenvalue weighted by atomic mass is 19.1. The van der Waals surface area contributed by atoms with E-state index < -0.39 is 5.82 Å². The third-order valence-electron chi connectivity index (χ3n) is 4.07. The largest absolute Gasteiger partial charge is 0.452 e. The van der Waals surface area contributed by atoms with Gasteiger partial charge < -0.3 is 10.1 Å². The predicted octanol–water partition coefficient (Wildman–Crippen LogP) is 4.89. The average Bonchev–Trinajstić information content (AvgIpc) is 3.08. The Balaban J connectivity index is 1.81. The van der Waals surface area contributed by atoms with Gasteiger partial charge in [-0.1, -0.05) is 24.3 Å². The van der Waals surface area contributed by atoms with E-state index in [1.54, 1.807) is 35.0 Å². The highest BCUT2D eigenvalue weighted by Gasteiger charge is 2.14. The van der Waals surface area contributed by atoms with Crippen LogP contribution in [0.15, 0.2) is 73.1 Å². The standard InChI is InChI=1S/C21H16FN3O2/c1-14(26)24-16-6-4-5-15(13-16)17-10-12-25-21(17)20(9-11-23-25)27-19-8-3-2-7-18(19)22/h2-13H,1H3,(H,24,26). The molecule has 4 rings (SSSR count). The summed E-state index contributed by atoms with van der Waals surface area (Å²) >= 11 is 0. The Labute approximate surface area is 155 Å². The monoisotopic (exact) mass is 361 g/mol. The predicted molar refractivity (Wildman–Crippen MR) is 101 cm³/mol. The Morgan fingerprint density at radius 3 is 2.74 bits per heavy atom. The van der Waals surface area contributed by atoms with Crippen molar-refractivity contribution >= 4 is 17.1 Å². The molecule has 0 radical (unpaired) electrons. The molecule has 0 aliphatic carbocycles. The molecule has 0 bridgehead atoms. The lowest BCUT2D eigenvalue weighted by molar-refractivity contribution is -0.114. The number of nitrogens with zero attached hydrogens (tertiary/aromatic N) is 2. The molecule has 27 heavy (non-hydrogen) atoms. The lowest BCUT2D eigenvalue weighted by atomic mass is 10.1. The van der Waals surface area contributed by atoms with E-state index in [-0.39, 0.29) is 11.7 Å². The molecular formula is C21H16FN3O2. The Morgan fingerprint density at radius 1 is 1.07 bits per heavy atom. The molecular weight excluding hydrogens is 345 g/mol. The van der Waals surface area contributed by atoms with E-state index in [1.807, 2.05) is 36.5 Å². The van der Waals surface area contributed by atoms with Crippen LogP contribution in [-0.4, -0.2) is 15.5 Å². The average molecular weight is 361 g/mol. The number of para-hydroxylation sites is 1. The summed E-state index contributed by atoms with van der Waals surface area (Å²) in [6, 6.07) is 17.3. The molecule has 1 N–H and O–H groups in total. The number of amides is 1. The number of anilines is 1. The van der Waals surface area contributed by atoms with Crippen LogP contribution >= 0.6 is 0 Å². The minimum absolute atomic E-state index is 0.140. The van der Waals surface area contributed by atoms with Crippen molar-refractivity contribution in [3.8, 4) is 22.6 Å². The molecule has 0 atom stereocenters. The van der Waals surface area contributed by atoms with Crippen molar-refractivity contribution in [2.24, 2.45) is 0 Å². The maximum Gasteiger partial charge on any atom is 0.221 e. The molecule has 0 aliphatic heterocycles. The molecule has 2 aromatic heterocycles. The van der Waals surface area contributed by atoms with Gasteiger partial charge in [0.05, 0.1) is 6.20 Å². The molecule has 2 aromatic carbocycles. The summed E-state index contributed by atoms with van der Waals surface area (Å²) in [4.78, 5) is 11.3. The number of ether oxygens (including phenoxy) is 1. The topological polar surface area (TPSA) is 55.6 Å². The lowest BCUT2D eigenvalue weighted by Crippen LogP contribution is -2.05. The molecule has 5 nitrogen and oxygen atoms in total. The third-order valence-corrected chi connectivity index (χ3v) is 4.07. The van der Waals surface area contributed by atoms with Crippen LogP contribution in [0.2, 0.25) is 0 Å². The van der Waals surface area contributed by atoms with Gasteiger partial charge in [0, 0.05) is 30.4 Å². The normalized spacial score (nSPS) is 10.7. The van der Waals surface area contributed by atoms with E-state index in [0.29, 0.717) is 17.0 Å². The maximum atomic E-state index is 14.0. The van der Waals surface area contributed by atoms with E-state index in [4.69, 9.17) is 4.74 Å². The van der Waals surface area contributed by atoms with E-state index in [2.05, 4.69) is 10.4 Å². The highest BCUT2D eigenvalue weighted by Crippen LogP contribution is 2.35. The van der Waals surface area contributed by atoms with Crippen LogP contribution in [-0.2, 0) is 4.79 Å². The number of hydrogen-bond acceptors (Lipinski definition) is 3. The molecule has 0 saturated carbocycles. The van der Waals surface area contributed by atoms with Gasteiger partial charge in [-0.15, -0.1) is 0 Å². The fourth-order valence-electron chi connectivity index (χ4n) is 2.94. The van der Waals surface area contributed by atoms with Crippen molar-refractivity contribution in [2.45, 2.75) is 6.92 Å². The van der Waals surface area contributed by atoms with Crippen LogP contribution in [0.5, 0.6) is 11.5 Å². The Morgan fingerprint density at radius 2 is 1.93 bits per heavy atom. The summed E-state index contributed by atoms with van der Waals surface area (Å²) in [7, 11) is 0. The van der Waals surface area contributed by atoms with E-state index >= 15 is 0 Å². The van der Waals surface area contributed by atoms with Gasteiger partial charge in [0.15, 0.2) is 17.3 Å². The van der Waals surface area contributed by atoms with Crippen molar-refractivity contribution in [1.29, 1.82) is 0 Å². The summed E-state index contributed by atoms with van der Waals surface area (Å²) in [6.07, 6.45) is 3.41. The first-order valence-corrected chi connectivity index (χ1v) is 8.38. The molecule has 0 saturated heterocycles. The molecule has 0 spiro atoms. The first-order valence-electron chi connectivity index (χ1n) is 8.38. The molecule has 1 amide bonds. The van der Waals surface area contributed by atoms with Gasteiger partial charge in [0.1, 0.15) is 5.52 Å². The number of hydrogen-bond donors (Lipinski definition) is 1. The van der Waals surface area contributed by atoms with Crippen molar-refractivity contribution in [1.82, 2.24) is 9.61 Å². The fourth-order valence-corrected chi connectivity index (χ4v) is 2.94. The first kappa shape index (κ1) is 16.8. The first-order chi connectivity index (χ1) is 13.1. The molecule has 2 heterocycles. The Hall–Kier alpha value is -3.67. The fraction of sp³-hybridized carbons (Fsp3) is 0.0476. The summed E-state index contributed by atoms with van der Waals surface area (Å²) in [6.45, 7) is 1.46. The summed E-state index contributed by atoms with van der Waals surface area (Å²) in [5, 5.41) is 7.07. The zero-order valence-electron chi connectivity index (χ0n) is 14.5. The van der Waals surface area contributed by atoms with Gasteiger partial charge in [-0.2, -0.15) is 5.10 Å². The molecule has 134 valence electrons. The molecule has 6 heteroatoms. The van der Waals surface area contributed by atoms with E-state index in [9.17, 15) is 9.18 Å². The summed E-state index contributed by atoms with van der Waals surface area (Å²) in [5.74, 6) is 0.0529. The second-order valence-electron chi connectivity index (χ2n) is 6.01. The van der Waals surface area contributed by atoms with Gasteiger partial charge >= 0.3 is 0 Å². The number of halogens is 1. The number of aromatic nitrogens is 2. The zero-order valence-corrected chi connectivity index (χ0v) is 14.5. The number of fused-ring (bicyclic) bond motifs is 1. The smallest absolute Gasteiger partial charge is 0.221 e. The third kappa shape index (κ3) is 3.37. The number of rotatable bonds is 4. The number of benzene rings is 2. The van der Waals surface area contributed by atoms with E-state index in [1.165, 1.54) is 13.0 Å². The van der Waals surface area contributed by atoms with Gasteiger partial charge in [0.2, 0.25) is 5.91 Å². The molecule has 0 aliphatic rings. The van der Waals surface area contributed by atoms with E-state index in [0.717, 1.165) is 11.1 Å². The molecule has 4 aromatic rings. The van der Waals surface area contributed by atoms with Gasteiger partial charge in [-0.3, -0.25) is 4.79 Å². The lowest BCUT2D eigenvalue weighted by Gasteiger charge is -2.10. The maximum absolute atomic E-state index is 14.0. The zero-order chi connectivity index (χ0) is 18.8. The SMILES string of the molecule is CC(=O)Nc1cccc(-c2ccn3nccc(Oc4ccccc4F)c23)c1. The minimum atomic E-state index is -0.437. The summed E-state index contributed by atoms with van der Waals surface area (Å²) in [5.41, 5.74) is 3.15. The van der Waals surface area contributed by atoms with Crippen molar-refractivity contribution < 1.29 is 13.9 Å². The number of nitrogens with one attached hydrogen (secondary N) is 1. The highest BCUT2D eigenvalue weighted by molar-refractivity contribution is 5.91. The van der Waals surface area contributed by atoms with Crippen LogP contribution in [0.4, 0.5) is 10.1 Å². The van der Waals surface area contributed by atoms with Crippen LogP contribution in [0.3, 0.4) is 0 Å². The van der Waals surface area contributed by atoms with Crippen LogP contribution in [0, 0.1) is 5.82 Å². The Bertz CT molecular complexity index is 1140. The summed E-state index contributed by atoms with van der Waals surface area (Å²) < 4.78 is 21.5. The second-order valence-corrected chi connectivity index (χ2v) is 6.01. The van der Waals surface area contributed by atoms with Gasteiger partial charge in [-0.05, 0) is 35.9 Å². The number of carbonyl (C=O) groups is 1. The minimum Gasteiger partial charge on any atom is -0.452 e. The molecule has 0 fully saturated rings. The molecule has 0 unspecified atom stereocenters. The Kier molecular flexibility index (Phi) is 4.30. The van der Waals surface area contributed by atoms with Crippen molar-refractivity contribution in [3.63, 3.8) is 0 Å². The van der Waals surface area contributed by atoms with Crippen molar-refractivity contribution in [2.75, 3.05) is 5.32 Å². The van der Waals surface area contributed by atoms with Gasteiger partial charge in [-0.25, -0.2) is 8.91 Å². The van der Waals surface area contributed by atoms with Gasteiger partial charge in [0.25, 0.3) is 0 Å². The van der Waals surface area contributed by atoms with Crippen LogP contribution in [0.25, 0.3) is 16.6 Å². The van der Waals surface area contributed by atoms with Crippen LogP contribution < -0.4 is 10.1 Å². The number of carbonyl (C=O) groups excluding carboxylic acids is 1. The quantitative estimate of drug-likeness (QED) is 0.563. The second kappa shape index (κ2) is 6.92. The van der Waals surface area contributed by atoms with Crippen LogP contribution in [0.1, 0.15) is 6.92 Å².